The minimum atomic E-state index is -1.37. The van der Waals surface area contributed by atoms with Crippen LogP contribution in [0.1, 0.15) is 42.6 Å². The Morgan fingerprint density at radius 1 is 0.833 bits per heavy atom. The van der Waals surface area contributed by atoms with Crippen molar-refractivity contribution < 1.29 is 23.9 Å². The number of carbonyl (C=O) groups excluding carboxylic acids is 3. The molecule has 1 aliphatic rings. The van der Waals surface area contributed by atoms with Gasteiger partial charge in [-0.25, -0.2) is 4.79 Å². The normalized spacial score (nSPS) is 17.2. The molecule has 42 heavy (non-hydrogen) atoms. The molecule has 1 aliphatic carbocycles. The third-order valence-electron chi connectivity index (χ3n) is 6.15. The highest BCUT2D eigenvalue weighted by Gasteiger charge is 2.67. The summed E-state index contributed by atoms with van der Waals surface area (Å²) in [7, 11) is 1.44. The first-order valence-electron chi connectivity index (χ1n) is 12.5. The van der Waals surface area contributed by atoms with Gasteiger partial charge in [-0.15, -0.1) is 23.2 Å². The molecule has 0 spiro atoms. The monoisotopic (exact) mass is 671 g/mol. The number of hydrogen-bond acceptors (Lipinski definition) is 5. The van der Waals surface area contributed by atoms with E-state index in [1.807, 2.05) is 0 Å². The summed E-state index contributed by atoms with van der Waals surface area (Å²) in [5, 5.41) is 9.02. The number of benzene rings is 3. The Labute approximate surface area is 267 Å². The van der Waals surface area contributed by atoms with E-state index in [0.29, 0.717) is 32.7 Å². The van der Waals surface area contributed by atoms with Crippen LogP contribution in [0.5, 0.6) is 5.75 Å². The van der Waals surface area contributed by atoms with Gasteiger partial charge in [-0.2, -0.15) is 0 Å². The van der Waals surface area contributed by atoms with Crippen molar-refractivity contribution in [2.75, 3.05) is 23.1 Å². The van der Waals surface area contributed by atoms with Crippen LogP contribution < -0.4 is 20.7 Å². The van der Waals surface area contributed by atoms with E-state index in [2.05, 4.69) is 16.0 Å². The van der Waals surface area contributed by atoms with Gasteiger partial charge < -0.3 is 20.1 Å². The maximum absolute atomic E-state index is 13.2. The number of anilines is 3. The van der Waals surface area contributed by atoms with E-state index in [-0.39, 0.29) is 16.3 Å². The first-order valence-corrected chi connectivity index (χ1v) is 14.4. The number of methoxy groups -OCH3 is 1. The molecular formula is C29H26Cl5N3O5. The van der Waals surface area contributed by atoms with Crippen LogP contribution in [0.4, 0.5) is 21.9 Å². The van der Waals surface area contributed by atoms with Gasteiger partial charge in [-0.05, 0) is 80.9 Å². The molecule has 1 fully saturated rings. The number of rotatable bonds is 7. The highest BCUT2D eigenvalue weighted by molar-refractivity contribution is 6.53. The van der Waals surface area contributed by atoms with Crippen LogP contribution in [-0.2, 0) is 9.53 Å². The summed E-state index contributed by atoms with van der Waals surface area (Å²) in [4.78, 5) is 38.6. The second kappa shape index (κ2) is 12.4. The summed E-state index contributed by atoms with van der Waals surface area (Å²) in [6.45, 7) is 5.21. The van der Waals surface area contributed by atoms with Crippen LogP contribution in [0.15, 0.2) is 54.6 Å². The fraction of sp³-hybridized carbons (Fsp3) is 0.276. The molecule has 2 atom stereocenters. The maximum atomic E-state index is 13.2. The fourth-order valence-electron chi connectivity index (χ4n) is 4.31. The van der Waals surface area contributed by atoms with E-state index in [1.54, 1.807) is 57.2 Å². The van der Waals surface area contributed by atoms with E-state index < -0.39 is 39.7 Å². The molecule has 3 amide bonds. The molecule has 0 bridgehead atoms. The van der Waals surface area contributed by atoms with E-state index in [0.717, 1.165) is 0 Å². The Kier molecular flexibility index (Phi) is 9.45. The van der Waals surface area contributed by atoms with Gasteiger partial charge in [0.05, 0.1) is 29.3 Å². The van der Waals surface area contributed by atoms with Gasteiger partial charge >= 0.3 is 6.09 Å². The smallest absolute Gasteiger partial charge is 0.412 e. The molecule has 0 aromatic heterocycles. The molecule has 222 valence electrons. The molecular weight excluding hydrogens is 648 g/mol. The van der Waals surface area contributed by atoms with Gasteiger partial charge in [0.15, 0.2) is 0 Å². The molecule has 0 radical (unpaired) electrons. The summed E-state index contributed by atoms with van der Waals surface area (Å²) < 4.78 is 9.23. The van der Waals surface area contributed by atoms with Crippen molar-refractivity contribution >= 4 is 93.0 Å². The van der Waals surface area contributed by atoms with Crippen molar-refractivity contribution in [3.8, 4) is 5.75 Å². The molecule has 2 unspecified atom stereocenters. The summed E-state index contributed by atoms with van der Waals surface area (Å²) in [5.74, 6) is -1.99. The predicted molar refractivity (Wildman–Crippen MR) is 168 cm³/mol. The molecule has 13 heteroatoms. The average molecular weight is 674 g/mol. The second-order valence-corrected chi connectivity index (χ2v) is 13.2. The Morgan fingerprint density at radius 2 is 1.45 bits per heavy atom. The van der Waals surface area contributed by atoms with Gasteiger partial charge in [0.25, 0.3) is 5.91 Å². The summed E-state index contributed by atoms with van der Waals surface area (Å²) in [6, 6.07) is 14.0. The van der Waals surface area contributed by atoms with Crippen molar-refractivity contribution in [3.05, 3.63) is 80.8 Å². The summed E-state index contributed by atoms with van der Waals surface area (Å²) in [6.07, 6.45) is -0.690. The second-order valence-electron chi connectivity index (χ2n) is 10.5. The third-order valence-corrected chi connectivity index (χ3v) is 7.86. The molecule has 3 aromatic rings. The summed E-state index contributed by atoms with van der Waals surface area (Å²) >= 11 is 31.5. The zero-order valence-corrected chi connectivity index (χ0v) is 26.6. The topological polar surface area (TPSA) is 106 Å². The van der Waals surface area contributed by atoms with Gasteiger partial charge in [-0.1, -0.05) is 34.8 Å². The van der Waals surface area contributed by atoms with Crippen molar-refractivity contribution in [2.24, 2.45) is 5.92 Å². The van der Waals surface area contributed by atoms with Crippen molar-refractivity contribution in [3.63, 3.8) is 0 Å². The standard InChI is InChI=1S/C29H26Cl5N3O5/c1-28(2,3)42-27(40)37-21-13-18(6-8-22(21)41-4)35-25(38)19-12-17(5-7-20(19)32)36-26(39)24-23(29(24,33)34)14-9-15(30)11-16(31)10-14/h5-13,23-24H,1-4H3,(H,35,38)(H,36,39)(H,37,40). The van der Waals surface area contributed by atoms with Crippen LogP contribution in [0, 0.1) is 5.92 Å². The zero-order chi connectivity index (χ0) is 31.0. The number of alkyl halides is 2. The Morgan fingerprint density at radius 3 is 2.07 bits per heavy atom. The Balaban J connectivity index is 1.48. The number of carbonyl (C=O) groups is 3. The zero-order valence-electron chi connectivity index (χ0n) is 22.8. The lowest BCUT2D eigenvalue weighted by atomic mass is 10.1. The van der Waals surface area contributed by atoms with E-state index in [4.69, 9.17) is 67.5 Å². The van der Waals surface area contributed by atoms with Crippen LogP contribution in [0.2, 0.25) is 15.1 Å². The molecule has 0 aliphatic heterocycles. The molecule has 0 heterocycles. The van der Waals surface area contributed by atoms with Crippen LogP contribution in [-0.4, -0.2) is 35.0 Å². The molecule has 3 N–H and O–H groups in total. The van der Waals surface area contributed by atoms with Crippen LogP contribution >= 0.6 is 58.0 Å². The van der Waals surface area contributed by atoms with Gasteiger partial charge in [0.2, 0.25) is 5.91 Å². The van der Waals surface area contributed by atoms with Gasteiger partial charge in [-0.3, -0.25) is 14.9 Å². The SMILES string of the molecule is COc1ccc(NC(=O)c2cc(NC(=O)C3C(c4cc(Cl)cc(Cl)c4)C3(Cl)Cl)ccc2Cl)cc1NC(=O)OC(C)(C)C. The van der Waals surface area contributed by atoms with E-state index >= 15 is 0 Å². The van der Waals surface area contributed by atoms with Crippen molar-refractivity contribution in [1.82, 2.24) is 0 Å². The minimum Gasteiger partial charge on any atom is -0.495 e. The van der Waals surface area contributed by atoms with Crippen molar-refractivity contribution in [2.45, 2.75) is 36.6 Å². The molecule has 0 saturated heterocycles. The molecule has 4 rings (SSSR count). The maximum Gasteiger partial charge on any atom is 0.412 e. The lowest BCUT2D eigenvalue weighted by Gasteiger charge is -2.20. The van der Waals surface area contributed by atoms with Crippen LogP contribution in [0.25, 0.3) is 0 Å². The molecule has 8 nitrogen and oxygen atoms in total. The lowest BCUT2D eigenvalue weighted by Crippen LogP contribution is -2.27. The van der Waals surface area contributed by atoms with Crippen LogP contribution in [0.3, 0.4) is 0 Å². The number of ether oxygens (including phenoxy) is 2. The minimum absolute atomic E-state index is 0.0870. The van der Waals surface area contributed by atoms with Gasteiger partial charge in [0, 0.05) is 27.3 Å². The number of amides is 3. The average Bonchev–Trinajstić information content (AvgIpc) is 3.45. The lowest BCUT2D eigenvalue weighted by molar-refractivity contribution is -0.117. The Hall–Kier alpha value is -2.88. The quantitative estimate of drug-likeness (QED) is 0.218. The van der Waals surface area contributed by atoms with Gasteiger partial charge in [0.1, 0.15) is 15.7 Å². The molecule has 1 saturated carbocycles. The fourth-order valence-corrected chi connectivity index (χ4v) is 5.89. The first kappa shape index (κ1) is 32.0. The largest absolute Gasteiger partial charge is 0.495 e. The van der Waals surface area contributed by atoms with Crippen molar-refractivity contribution in [1.29, 1.82) is 0 Å². The van der Waals surface area contributed by atoms with E-state index in [1.165, 1.54) is 25.3 Å². The molecule has 3 aromatic carbocycles. The third kappa shape index (κ3) is 7.54. The highest BCUT2D eigenvalue weighted by atomic mass is 35.5. The Bertz CT molecular complexity index is 1540. The number of hydrogen-bond donors (Lipinski definition) is 3. The predicted octanol–water partition coefficient (Wildman–Crippen LogP) is 8.78. The first-order chi connectivity index (χ1) is 19.6. The summed E-state index contributed by atoms with van der Waals surface area (Å²) in [5.41, 5.74) is 0.932. The highest BCUT2D eigenvalue weighted by Crippen LogP contribution is 2.65. The number of nitrogens with one attached hydrogen (secondary N) is 3. The van der Waals surface area contributed by atoms with E-state index in [9.17, 15) is 14.4 Å². The number of halogens is 5.